The van der Waals surface area contributed by atoms with E-state index in [4.69, 9.17) is 0 Å². The van der Waals surface area contributed by atoms with E-state index in [1.165, 1.54) is 37.7 Å². The minimum Gasteiger partial charge on any atom is -0.478 e. The van der Waals surface area contributed by atoms with E-state index in [-0.39, 0.29) is 5.56 Å². The summed E-state index contributed by atoms with van der Waals surface area (Å²) in [5.41, 5.74) is 6.87. The molecule has 3 rings (SSSR count). The van der Waals surface area contributed by atoms with Crippen molar-refractivity contribution in [1.29, 1.82) is 0 Å². The molecule has 4 heteroatoms. The van der Waals surface area contributed by atoms with E-state index in [0.29, 0.717) is 11.6 Å². The van der Waals surface area contributed by atoms with Gasteiger partial charge in [0.15, 0.2) is 0 Å². The number of hydrogen-bond donors (Lipinski definition) is 2. The van der Waals surface area contributed by atoms with E-state index in [1.807, 2.05) is 6.92 Å². The number of rotatable bonds is 5. The van der Waals surface area contributed by atoms with E-state index in [1.54, 1.807) is 24.3 Å². The molecule has 2 N–H and O–H groups in total. The Morgan fingerprint density at radius 2 is 1.72 bits per heavy atom. The summed E-state index contributed by atoms with van der Waals surface area (Å²) in [7, 11) is 0. The standard InChI is InChI=1S/C21H24N2O2/c1-15(22-23-20-10-6-5-9-19(20)21(24)25)16-11-13-18(14-12-16)17-7-3-2-4-8-17/h5-6,9-14,17,23H,2-4,7-8H2,1H3,(H,24,25). The molecule has 2 aromatic carbocycles. The second kappa shape index (κ2) is 7.97. The van der Waals surface area contributed by atoms with Gasteiger partial charge in [0.05, 0.1) is 17.0 Å². The van der Waals surface area contributed by atoms with Crippen LogP contribution in [0.3, 0.4) is 0 Å². The molecule has 0 saturated heterocycles. The van der Waals surface area contributed by atoms with Crippen molar-refractivity contribution in [2.24, 2.45) is 5.10 Å². The van der Waals surface area contributed by atoms with Crippen LogP contribution < -0.4 is 5.43 Å². The van der Waals surface area contributed by atoms with Crippen molar-refractivity contribution in [3.63, 3.8) is 0 Å². The highest BCUT2D eigenvalue weighted by Gasteiger charge is 2.15. The predicted octanol–water partition coefficient (Wildman–Crippen LogP) is 5.27. The van der Waals surface area contributed by atoms with E-state index < -0.39 is 5.97 Å². The van der Waals surface area contributed by atoms with Gasteiger partial charge in [-0.05, 0) is 48.9 Å². The van der Waals surface area contributed by atoms with Gasteiger partial charge in [-0.3, -0.25) is 5.43 Å². The zero-order valence-electron chi connectivity index (χ0n) is 14.5. The molecule has 1 fully saturated rings. The first kappa shape index (κ1) is 17.2. The molecule has 2 aromatic rings. The number of hydrogen-bond acceptors (Lipinski definition) is 3. The second-order valence-electron chi connectivity index (χ2n) is 6.62. The number of aromatic carboxylic acids is 1. The monoisotopic (exact) mass is 336 g/mol. The number of benzene rings is 2. The summed E-state index contributed by atoms with van der Waals surface area (Å²) in [6.45, 7) is 1.92. The summed E-state index contributed by atoms with van der Waals surface area (Å²) in [6, 6.07) is 15.4. The molecule has 0 atom stereocenters. The normalized spacial score (nSPS) is 15.8. The molecule has 25 heavy (non-hydrogen) atoms. The molecule has 130 valence electrons. The Kier molecular flexibility index (Phi) is 5.49. The molecule has 1 saturated carbocycles. The highest BCUT2D eigenvalue weighted by Crippen LogP contribution is 2.32. The largest absolute Gasteiger partial charge is 0.478 e. The number of carbonyl (C=O) groups is 1. The first-order valence-corrected chi connectivity index (χ1v) is 8.88. The zero-order valence-corrected chi connectivity index (χ0v) is 14.5. The summed E-state index contributed by atoms with van der Waals surface area (Å²) in [4.78, 5) is 11.2. The number of para-hydroxylation sites is 1. The Labute approximate surface area is 148 Å². The summed E-state index contributed by atoms with van der Waals surface area (Å²) >= 11 is 0. The molecule has 0 spiro atoms. The second-order valence-corrected chi connectivity index (χ2v) is 6.62. The van der Waals surface area contributed by atoms with Gasteiger partial charge in [-0.2, -0.15) is 5.10 Å². The molecule has 0 heterocycles. The van der Waals surface area contributed by atoms with Gasteiger partial charge in [-0.15, -0.1) is 0 Å². The van der Waals surface area contributed by atoms with E-state index in [2.05, 4.69) is 34.8 Å². The van der Waals surface area contributed by atoms with E-state index >= 15 is 0 Å². The van der Waals surface area contributed by atoms with Crippen LogP contribution in [-0.2, 0) is 0 Å². The number of nitrogens with zero attached hydrogens (tertiary/aromatic N) is 1. The molecule has 0 radical (unpaired) electrons. The molecule has 0 unspecified atom stereocenters. The first-order valence-electron chi connectivity index (χ1n) is 8.88. The molecule has 4 nitrogen and oxygen atoms in total. The lowest BCUT2D eigenvalue weighted by Crippen LogP contribution is -2.06. The van der Waals surface area contributed by atoms with Gasteiger partial charge in [0.2, 0.25) is 0 Å². The van der Waals surface area contributed by atoms with Gasteiger partial charge >= 0.3 is 5.97 Å². The zero-order chi connectivity index (χ0) is 17.6. The van der Waals surface area contributed by atoms with Crippen molar-refractivity contribution in [2.75, 3.05) is 5.43 Å². The predicted molar refractivity (Wildman–Crippen MR) is 102 cm³/mol. The minimum atomic E-state index is -0.965. The van der Waals surface area contributed by atoms with Crippen LogP contribution in [0.25, 0.3) is 0 Å². The maximum absolute atomic E-state index is 11.2. The van der Waals surface area contributed by atoms with Crippen LogP contribution in [0, 0.1) is 0 Å². The van der Waals surface area contributed by atoms with Crippen LogP contribution in [0.4, 0.5) is 5.69 Å². The Morgan fingerprint density at radius 3 is 2.40 bits per heavy atom. The number of nitrogens with one attached hydrogen (secondary N) is 1. The smallest absolute Gasteiger partial charge is 0.337 e. The molecule has 0 aliphatic heterocycles. The maximum Gasteiger partial charge on any atom is 0.337 e. The highest BCUT2D eigenvalue weighted by molar-refractivity contribution is 5.99. The summed E-state index contributed by atoms with van der Waals surface area (Å²) in [5.74, 6) is -0.270. The number of anilines is 1. The van der Waals surface area contributed by atoms with Crippen molar-refractivity contribution in [2.45, 2.75) is 44.9 Å². The van der Waals surface area contributed by atoms with Gasteiger partial charge in [0.1, 0.15) is 0 Å². The maximum atomic E-state index is 11.2. The van der Waals surface area contributed by atoms with Crippen LogP contribution in [0.2, 0.25) is 0 Å². The minimum absolute atomic E-state index is 0.215. The van der Waals surface area contributed by atoms with Crippen molar-refractivity contribution >= 4 is 17.4 Å². The highest BCUT2D eigenvalue weighted by atomic mass is 16.4. The van der Waals surface area contributed by atoms with Crippen LogP contribution in [0.1, 0.15) is 66.4 Å². The fourth-order valence-electron chi connectivity index (χ4n) is 3.41. The van der Waals surface area contributed by atoms with Gasteiger partial charge in [-0.25, -0.2) is 4.79 Å². The summed E-state index contributed by atoms with van der Waals surface area (Å²) < 4.78 is 0. The molecule has 1 aliphatic rings. The van der Waals surface area contributed by atoms with Crippen LogP contribution in [0.15, 0.2) is 53.6 Å². The van der Waals surface area contributed by atoms with Crippen molar-refractivity contribution in [1.82, 2.24) is 0 Å². The average molecular weight is 336 g/mol. The van der Waals surface area contributed by atoms with Crippen molar-refractivity contribution in [3.8, 4) is 0 Å². The van der Waals surface area contributed by atoms with Gasteiger partial charge in [-0.1, -0.05) is 55.7 Å². The first-order chi connectivity index (χ1) is 12.1. The Morgan fingerprint density at radius 1 is 1.04 bits per heavy atom. The molecular weight excluding hydrogens is 312 g/mol. The number of carboxylic acid groups (broad SMARTS) is 1. The average Bonchev–Trinajstić information content (AvgIpc) is 2.67. The van der Waals surface area contributed by atoms with Crippen LogP contribution >= 0.6 is 0 Å². The lowest BCUT2D eigenvalue weighted by atomic mass is 9.84. The van der Waals surface area contributed by atoms with Gasteiger partial charge < -0.3 is 5.11 Å². The van der Waals surface area contributed by atoms with Crippen molar-refractivity contribution < 1.29 is 9.90 Å². The molecular formula is C21H24N2O2. The third-order valence-corrected chi connectivity index (χ3v) is 4.91. The molecule has 0 aromatic heterocycles. The lowest BCUT2D eigenvalue weighted by molar-refractivity contribution is 0.0698. The third kappa shape index (κ3) is 4.27. The van der Waals surface area contributed by atoms with Crippen molar-refractivity contribution in [3.05, 3.63) is 65.2 Å². The summed E-state index contributed by atoms with van der Waals surface area (Å²) in [5, 5.41) is 13.6. The quantitative estimate of drug-likeness (QED) is 0.577. The van der Waals surface area contributed by atoms with E-state index in [9.17, 15) is 9.90 Å². The Bertz CT molecular complexity index is 760. The number of hydrazone groups is 1. The molecule has 1 aliphatic carbocycles. The SMILES string of the molecule is CC(=NNc1ccccc1C(=O)O)c1ccc(C2CCCCC2)cc1. The van der Waals surface area contributed by atoms with Gasteiger partial charge in [0, 0.05) is 0 Å². The summed E-state index contributed by atoms with van der Waals surface area (Å²) in [6.07, 6.45) is 6.61. The van der Waals surface area contributed by atoms with Gasteiger partial charge in [0.25, 0.3) is 0 Å². The molecule has 0 amide bonds. The lowest BCUT2D eigenvalue weighted by Gasteiger charge is -2.22. The van der Waals surface area contributed by atoms with Crippen LogP contribution in [-0.4, -0.2) is 16.8 Å². The molecule has 0 bridgehead atoms. The van der Waals surface area contributed by atoms with Crippen LogP contribution in [0.5, 0.6) is 0 Å². The Hall–Kier alpha value is -2.62. The third-order valence-electron chi connectivity index (χ3n) is 4.91. The fraction of sp³-hybridized carbons (Fsp3) is 0.333. The topological polar surface area (TPSA) is 61.7 Å². The Balaban J connectivity index is 1.71. The van der Waals surface area contributed by atoms with E-state index in [0.717, 1.165) is 11.3 Å². The fourth-order valence-corrected chi connectivity index (χ4v) is 3.41. The number of carboxylic acids is 1.